The number of likely N-dealkylation sites (tertiary alicyclic amines) is 1. The average molecular weight is 486 g/mol. The summed E-state index contributed by atoms with van der Waals surface area (Å²) in [6.45, 7) is 3.30. The molecule has 2 heterocycles. The van der Waals surface area contributed by atoms with E-state index in [0.717, 1.165) is 32.1 Å². The highest BCUT2D eigenvalue weighted by Gasteiger charge is 2.55. The molecule has 0 bridgehead atoms. The summed E-state index contributed by atoms with van der Waals surface area (Å²) in [6.07, 6.45) is 13.1. The van der Waals surface area contributed by atoms with E-state index in [1.807, 2.05) is 4.90 Å². The van der Waals surface area contributed by atoms with Crippen LogP contribution in [0.25, 0.3) is 0 Å². The Morgan fingerprint density at radius 2 is 1.77 bits per heavy atom. The van der Waals surface area contributed by atoms with Crippen molar-refractivity contribution in [1.29, 1.82) is 0 Å². The lowest BCUT2D eigenvalue weighted by Gasteiger charge is -2.53. The second-order valence-corrected chi connectivity index (χ2v) is 11.8. The van der Waals surface area contributed by atoms with Crippen LogP contribution in [0.3, 0.4) is 0 Å². The van der Waals surface area contributed by atoms with E-state index in [-0.39, 0.29) is 29.8 Å². The molecular formula is C28H43N3O4. The highest BCUT2D eigenvalue weighted by atomic mass is 16.3. The van der Waals surface area contributed by atoms with E-state index in [2.05, 4.69) is 6.92 Å². The van der Waals surface area contributed by atoms with Crippen LogP contribution in [0.2, 0.25) is 0 Å². The molecule has 194 valence electrons. The maximum atomic E-state index is 13.5. The number of hydrogen-bond acceptors (Lipinski definition) is 4. The molecule has 3 aliphatic rings. The number of hydrogen-bond donors (Lipinski definition) is 1. The quantitative estimate of drug-likeness (QED) is 0.666. The third-order valence-corrected chi connectivity index (χ3v) is 9.05. The van der Waals surface area contributed by atoms with Crippen LogP contribution in [0.1, 0.15) is 87.9 Å². The summed E-state index contributed by atoms with van der Waals surface area (Å²) in [5, 5.41) is 12.0. The zero-order chi connectivity index (χ0) is 25.2. The Morgan fingerprint density at radius 1 is 1.09 bits per heavy atom. The number of carbonyl (C=O) groups is 2. The SMILES string of the molecule is C[C@H](CC1CCCCC1)C(=O)N1CCC(O)(Cn2cc(C(=O)N(C)C)ccc2=O)C2(CCCC2)C1. The third kappa shape index (κ3) is 5.35. The molecule has 7 heteroatoms. The minimum atomic E-state index is -1.09. The van der Waals surface area contributed by atoms with E-state index in [0.29, 0.717) is 31.0 Å². The molecule has 3 fully saturated rings. The number of rotatable bonds is 6. The van der Waals surface area contributed by atoms with Crippen LogP contribution in [-0.2, 0) is 11.3 Å². The van der Waals surface area contributed by atoms with E-state index in [1.165, 1.54) is 47.6 Å². The molecule has 1 spiro atoms. The van der Waals surface area contributed by atoms with E-state index in [4.69, 9.17) is 0 Å². The summed E-state index contributed by atoms with van der Waals surface area (Å²) in [5.41, 5.74) is -1.28. The van der Waals surface area contributed by atoms with Crippen LogP contribution in [0.15, 0.2) is 23.1 Å². The maximum Gasteiger partial charge on any atom is 0.254 e. The minimum absolute atomic E-state index is 0.0130. The Morgan fingerprint density at radius 3 is 2.43 bits per heavy atom. The predicted octanol–water partition coefficient (Wildman–Crippen LogP) is 3.68. The van der Waals surface area contributed by atoms with Gasteiger partial charge in [-0.2, -0.15) is 0 Å². The van der Waals surface area contributed by atoms with Crippen molar-refractivity contribution >= 4 is 11.8 Å². The van der Waals surface area contributed by atoms with Crippen molar-refractivity contribution in [2.75, 3.05) is 27.2 Å². The van der Waals surface area contributed by atoms with Gasteiger partial charge in [-0.3, -0.25) is 14.4 Å². The van der Waals surface area contributed by atoms with Gasteiger partial charge in [-0.15, -0.1) is 0 Å². The second kappa shape index (κ2) is 10.5. The number of piperidine rings is 1. The number of amides is 2. The van der Waals surface area contributed by atoms with Crippen molar-refractivity contribution < 1.29 is 14.7 Å². The Labute approximate surface area is 209 Å². The molecule has 7 nitrogen and oxygen atoms in total. The van der Waals surface area contributed by atoms with Gasteiger partial charge in [0.05, 0.1) is 17.7 Å². The summed E-state index contributed by atoms with van der Waals surface area (Å²) < 4.78 is 1.50. The Hall–Kier alpha value is -2.15. The van der Waals surface area contributed by atoms with E-state index in [9.17, 15) is 19.5 Å². The van der Waals surface area contributed by atoms with E-state index >= 15 is 0 Å². The normalized spacial score (nSPS) is 25.5. The molecule has 2 amide bonds. The van der Waals surface area contributed by atoms with Gasteiger partial charge in [0.25, 0.3) is 11.5 Å². The Kier molecular flexibility index (Phi) is 7.74. The number of carbonyl (C=O) groups excluding carboxylic acids is 2. The van der Waals surface area contributed by atoms with Crippen molar-refractivity contribution in [3.05, 3.63) is 34.2 Å². The molecule has 1 unspecified atom stereocenters. The van der Waals surface area contributed by atoms with Gasteiger partial charge in [0.2, 0.25) is 5.91 Å². The first-order valence-electron chi connectivity index (χ1n) is 13.6. The topological polar surface area (TPSA) is 82.8 Å². The van der Waals surface area contributed by atoms with Crippen molar-refractivity contribution in [2.45, 2.75) is 89.7 Å². The molecule has 4 rings (SSSR count). The molecule has 0 aromatic carbocycles. The number of aliphatic hydroxyl groups is 1. The van der Waals surface area contributed by atoms with Crippen molar-refractivity contribution in [3.63, 3.8) is 0 Å². The summed E-state index contributed by atoms with van der Waals surface area (Å²) in [4.78, 5) is 42.1. The number of nitrogens with zero attached hydrogens (tertiary/aromatic N) is 3. The van der Waals surface area contributed by atoms with Crippen molar-refractivity contribution in [1.82, 2.24) is 14.4 Å². The first kappa shape index (κ1) is 25.9. The summed E-state index contributed by atoms with van der Waals surface area (Å²) in [5.74, 6) is 0.723. The molecule has 1 N–H and O–H groups in total. The maximum absolute atomic E-state index is 13.5. The predicted molar refractivity (Wildman–Crippen MR) is 136 cm³/mol. The molecule has 1 aromatic rings. The van der Waals surface area contributed by atoms with Gasteiger partial charge in [0.1, 0.15) is 0 Å². The van der Waals surface area contributed by atoms with Crippen molar-refractivity contribution in [3.8, 4) is 0 Å². The largest absolute Gasteiger partial charge is 0.387 e. The van der Waals surface area contributed by atoms with Gasteiger partial charge in [-0.05, 0) is 37.7 Å². The molecular weight excluding hydrogens is 442 g/mol. The van der Waals surface area contributed by atoms with Crippen LogP contribution in [0, 0.1) is 17.3 Å². The third-order valence-electron chi connectivity index (χ3n) is 9.05. The Bertz CT molecular complexity index is 975. The lowest BCUT2D eigenvalue weighted by molar-refractivity contribution is -0.163. The standard InChI is InChI=1S/C28H43N3O4/c1-21(17-22-9-5-4-6-10-22)25(33)30-16-15-28(35,27(19-30)13-7-8-14-27)20-31-18-23(11-12-24(31)32)26(34)29(2)3/h11-12,18,21-22,35H,4-10,13-17,19-20H2,1-3H3/t21-,28?/m1/s1. The lowest BCUT2D eigenvalue weighted by atomic mass is 9.65. The fraction of sp³-hybridized carbons (Fsp3) is 0.750. The summed E-state index contributed by atoms with van der Waals surface area (Å²) in [7, 11) is 3.36. The molecule has 1 saturated heterocycles. The number of pyridine rings is 1. The highest BCUT2D eigenvalue weighted by molar-refractivity contribution is 5.93. The molecule has 2 atom stereocenters. The average Bonchev–Trinajstić information content (AvgIpc) is 3.32. The van der Waals surface area contributed by atoms with Gasteiger partial charge in [-0.1, -0.05) is 51.9 Å². The van der Waals surface area contributed by atoms with Crippen LogP contribution in [-0.4, -0.2) is 64.1 Å². The molecule has 1 aromatic heterocycles. The summed E-state index contributed by atoms with van der Waals surface area (Å²) >= 11 is 0. The molecule has 2 saturated carbocycles. The van der Waals surface area contributed by atoms with Gasteiger partial charge in [-0.25, -0.2) is 0 Å². The van der Waals surface area contributed by atoms with Gasteiger partial charge < -0.3 is 19.5 Å². The number of aromatic nitrogens is 1. The molecule has 0 radical (unpaired) electrons. The second-order valence-electron chi connectivity index (χ2n) is 11.8. The van der Waals surface area contributed by atoms with Gasteiger partial charge in [0, 0.05) is 50.8 Å². The zero-order valence-electron chi connectivity index (χ0n) is 21.8. The Balaban J connectivity index is 1.51. The smallest absolute Gasteiger partial charge is 0.254 e. The fourth-order valence-corrected chi connectivity index (χ4v) is 6.94. The van der Waals surface area contributed by atoms with E-state index in [1.54, 1.807) is 26.4 Å². The van der Waals surface area contributed by atoms with Crippen LogP contribution < -0.4 is 5.56 Å². The lowest BCUT2D eigenvalue weighted by Crippen LogP contribution is -2.62. The van der Waals surface area contributed by atoms with Gasteiger partial charge >= 0.3 is 0 Å². The van der Waals surface area contributed by atoms with E-state index < -0.39 is 11.0 Å². The van der Waals surface area contributed by atoms with Crippen LogP contribution in [0.5, 0.6) is 0 Å². The van der Waals surface area contributed by atoms with Gasteiger partial charge in [0.15, 0.2) is 0 Å². The van der Waals surface area contributed by atoms with Crippen LogP contribution in [0.4, 0.5) is 0 Å². The van der Waals surface area contributed by atoms with Crippen LogP contribution >= 0.6 is 0 Å². The minimum Gasteiger partial charge on any atom is -0.387 e. The molecule has 1 aliphatic heterocycles. The summed E-state index contributed by atoms with van der Waals surface area (Å²) in [6, 6.07) is 2.96. The first-order chi connectivity index (χ1) is 16.6. The monoisotopic (exact) mass is 485 g/mol. The molecule has 35 heavy (non-hydrogen) atoms. The first-order valence-corrected chi connectivity index (χ1v) is 13.6. The van der Waals surface area contributed by atoms with Crippen molar-refractivity contribution in [2.24, 2.45) is 17.3 Å². The zero-order valence-corrected chi connectivity index (χ0v) is 21.8. The molecule has 2 aliphatic carbocycles. The fourth-order valence-electron chi connectivity index (χ4n) is 6.94. The highest BCUT2D eigenvalue weighted by Crippen LogP contribution is 2.51.